The molecule has 1 aliphatic rings. The molecule has 170 valence electrons. The molecular weight excluding hydrogens is 416 g/mol. The Morgan fingerprint density at radius 3 is 2.00 bits per heavy atom. The Morgan fingerprint density at radius 1 is 1.06 bits per heavy atom. The summed E-state index contributed by atoms with van der Waals surface area (Å²) in [6, 6.07) is 21.1. The third-order valence-electron chi connectivity index (χ3n) is 6.52. The number of carbonyl (C=O) groups is 2. The molecular formula is C27H34O4Si. The van der Waals surface area contributed by atoms with Gasteiger partial charge in [-0.15, -0.1) is 0 Å². The Kier molecular flexibility index (Phi) is 7.21. The zero-order valence-electron chi connectivity index (χ0n) is 19.8. The predicted molar refractivity (Wildman–Crippen MR) is 131 cm³/mol. The zero-order chi connectivity index (χ0) is 23.4. The Hall–Kier alpha value is -2.50. The van der Waals surface area contributed by atoms with Crippen molar-refractivity contribution in [2.45, 2.75) is 58.1 Å². The van der Waals surface area contributed by atoms with Gasteiger partial charge in [0.05, 0.1) is 6.61 Å². The van der Waals surface area contributed by atoms with Gasteiger partial charge in [0, 0.05) is 12.8 Å². The predicted octanol–water partition coefficient (Wildman–Crippen LogP) is 4.42. The van der Waals surface area contributed by atoms with Crippen molar-refractivity contribution in [3.63, 3.8) is 0 Å². The van der Waals surface area contributed by atoms with Crippen LogP contribution < -0.4 is 10.4 Å². The minimum atomic E-state index is -2.62. The quantitative estimate of drug-likeness (QED) is 0.271. The summed E-state index contributed by atoms with van der Waals surface area (Å²) in [7, 11) is -2.62. The number of benzene rings is 2. The van der Waals surface area contributed by atoms with Gasteiger partial charge in [-0.3, -0.25) is 9.59 Å². The lowest BCUT2D eigenvalue weighted by Crippen LogP contribution is -2.66. The molecule has 0 aromatic heterocycles. The number of esters is 1. The van der Waals surface area contributed by atoms with Crippen molar-refractivity contribution in [3.05, 3.63) is 72.3 Å². The van der Waals surface area contributed by atoms with Crippen LogP contribution in [0.5, 0.6) is 0 Å². The number of hydrogen-bond donors (Lipinski definition) is 0. The maximum Gasteiger partial charge on any atom is 0.303 e. The summed E-state index contributed by atoms with van der Waals surface area (Å²) >= 11 is 0. The van der Waals surface area contributed by atoms with E-state index in [4.69, 9.17) is 9.16 Å². The fourth-order valence-corrected chi connectivity index (χ4v) is 9.40. The van der Waals surface area contributed by atoms with Crippen LogP contribution in [0.3, 0.4) is 0 Å². The molecule has 1 aliphatic carbocycles. The fourth-order valence-electron chi connectivity index (χ4n) is 4.85. The lowest BCUT2D eigenvalue weighted by Gasteiger charge is -2.44. The van der Waals surface area contributed by atoms with Crippen LogP contribution in [0.2, 0.25) is 5.04 Å². The minimum Gasteiger partial charge on any atom is -0.451 e. The molecule has 5 heteroatoms. The molecule has 32 heavy (non-hydrogen) atoms. The van der Waals surface area contributed by atoms with Gasteiger partial charge < -0.3 is 9.16 Å². The highest BCUT2D eigenvalue weighted by Crippen LogP contribution is 2.39. The summed E-state index contributed by atoms with van der Waals surface area (Å²) in [5.41, 5.74) is 0.0716. The largest absolute Gasteiger partial charge is 0.451 e. The summed E-state index contributed by atoms with van der Waals surface area (Å²) in [4.78, 5) is 23.4. The van der Waals surface area contributed by atoms with Crippen LogP contribution in [-0.4, -0.2) is 32.8 Å². The molecule has 3 rings (SSSR count). The zero-order valence-corrected chi connectivity index (χ0v) is 20.8. The molecule has 0 heterocycles. The molecule has 0 amide bonds. The third-order valence-corrected chi connectivity index (χ3v) is 11.5. The molecule has 0 N–H and O–H groups in total. The van der Waals surface area contributed by atoms with Crippen LogP contribution in [0.1, 0.15) is 47.5 Å². The van der Waals surface area contributed by atoms with E-state index in [2.05, 4.69) is 75.4 Å². The van der Waals surface area contributed by atoms with Gasteiger partial charge in [-0.25, -0.2) is 0 Å². The monoisotopic (exact) mass is 450 g/mol. The average Bonchev–Trinajstić information content (AvgIpc) is 2.76. The number of ether oxygens (including phenoxy) is 1. The Labute approximate surface area is 192 Å². The first-order chi connectivity index (χ1) is 15.1. The van der Waals surface area contributed by atoms with Gasteiger partial charge in [0.2, 0.25) is 0 Å². The maximum absolute atomic E-state index is 11.8. The number of hydrogen-bond acceptors (Lipinski definition) is 4. The van der Waals surface area contributed by atoms with Crippen LogP contribution in [0.25, 0.3) is 0 Å². The standard InChI is InChI=1S/C27H34O4Si/c1-21-18-23(16-17-27(21,20-28)31-22(2)29)19-30-32(26(3,4)5,24-12-8-6-9-13-24)25-14-10-7-11-15-25/h6-15,18,20-21H,16-17,19H2,1-5H3/t21-,27-/m1/s1. The number of aldehydes is 1. The number of carbonyl (C=O) groups excluding carboxylic acids is 2. The molecule has 2 atom stereocenters. The van der Waals surface area contributed by atoms with Crippen molar-refractivity contribution in [3.8, 4) is 0 Å². The highest BCUT2D eigenvalue weighted by atomic mass is 28.4. The Bertz CT molecular complexity index is 923. The number of rotatable bonds is 7. The van der Waals surface area contributed by atoms with Gasteiger partial charge in [0.15, 0.2) is 11.9 Å². The van der Waals surface area contributed by atoms with Gasteiger partial charge in [-0.05, 0) is 33.8 Å². The molecule has 0 saturated heterocycles. The van der Waals surface area contributed by atoms with E-state index >= 15 is 0 Å². The van der Waals surface area contributed by atoms with Crippen LogP contribution >= 0.6 is 0 Å². The van der Waals surface area contributed by atoms with Crippen molar-refractivity contribution in [2.75, 3.05) is 6.61 Å². The first-order valence-corrected chi connectivity index (χ1v) is 13.2. The average molecular weight is 451 g/mol. The third kappa shape index (κ3) is 4.64. The second-order valence-corrected chi connectivity index (χ2v) is 14.0. The Balaban J connectivity index is 1.97. The highest BCUT2D eigenvalue weighted by Gasteiger charge is 2.50. The smallest absolute Gasteiger partial charge is 0.303 e. The van der Waals surface area contributed by atoms with Crippen molar-refractivity contribution < 1.29 is 18.8 Å². The van der Waals surface area contributed by atoms with E-state index in [1.807, 2.05) is 19.1 Å². The van der Waals surface area contributed by atoms with E-state index in [0.717, 1.165) is 11.9 Å². The molecule has 2 aromatic rings. The fraction of sp³-hybridized carbons (Fsp3) is 0.407. The van der Waals surface area contributed by atoms with Gasteiger partial charge in [-0.1, -0.05) is 94.4 Å². The molecule has 0 spiro atoms. The van der Waals surface area contributed by atoms with Crippen molar-refractivity contribution in [1.29, 1.82) is 0 Å². The maximum atomic E-state index is 11.8. The molecule has 0 bridgehead atoms. The van der Waals surface area contributed by atoms with E-state index in [9.17, 15) is 9.59 Å². The van der Waals surface area contributed by atoms with Crippen LogP contribution in [-0.2, 0) is 18.8 Å². The lowest BCUT2D eigenvalue weighted by atomic mass is 9.78. The molecule has 4 nitrogen and oxygen atoms in total. The van der Waals surface area contributed by atoms with E-state index in [1.165, 1.54) is 17.3 Å². The van der Waals surface area contributed by atoms with Gasteiger partial charge in [0.1, 0.15) is 0 Å². The Morgan fingerprint density at radius 2 is 1.59 bits per heavy atom. The summed E-state index contributed by atoms with van der Waals surface area (Å²) in [5, 5.41) is 2.39. The van der Waals surface area contributed by atoms with Crippen molar-refractivity contribution >= 4 is 30.9 Å². The van der Waals surface area contributed by atoms with Gasteiger partial charge >= 0.3 is 5.97 Å². The molecule has 0 radical (unpaired) electrons. The van der Waals surface area contributed by atoms with Crippen LogP contribution in [0, 0.1) is 5.92 Å². The van der Waals surface area contributed by atoms with Gasteiger partial charge in [0.25, 0.3) is 8.32 Å². The first kappa shape index (κ1) is 24.1. The first-order valence-electron chi connectivity index (χ1n) is 11.2. The van der Waals surface area contributed by atoms with Crippen molar-refractivity contribution in [1.82, 2.24) is 0 Å². The summed E-state index contributed by atoms with van der Waals surface area (Å²) in [6.07, 6.45) is 3.98. The summed E-state index contributed by atoms with van der Waals surface area (Å²) < 4.78 is 12.5. The van der Waals surface area contributed by atoms with E-state index in [-0.39, 0.29) is 11.0 Å². The van der Waals surface area contributed by atoms with Gasteiger partial charge in [-0.2, -0.15) is 0 Å². The summed E-state index contributed by atoms with van der Waals surface area (Å²) in [5.74, 6) is -0.625. The van der Waals surface area contributed by atoms with E-state index < -0.39 is 19.9 Å². The summed E-state index contributed by atoms with van der Waals surface area (Å²) in [6.45, 7) is 10.6. The minimum absolute atomic E-state index is 0.0964. The molecule has 0 saturated carbocycles. The molecule has 2 aromatic carbocycles. The molecule has 0 aliphatic heterocycles. The van der Waals surface area contributed by atoms with Crippen LogP contribution in [0.15, 0.2) is 72.3 Å². The van der Waals surface area contributed by atoms with E-state index in [1.54, 1.807) is 0 Å². The lowest BCUT2D eigenvalue weighted by molar-refractivity contribution is -0.165. The topological polar surface area (TPSA) is 52.6 Å². The molecule has 0 unspecified atom stereocenters. The molecule has 0 fully saturated rings. The normalized spacial score (nSPS) is 21.5. The van der Waals surface area contributed by atoms with E-state index in [0.29, 0.717) is 19.4 Å². The van der Waals surface area contributed by atoms with Crippen molar-refractivity contribution in [2.24, 2.45) is 5.92 Å². The second-order valence-electron chi connectivity index (χ2n) is 9.73. The highest BCUT2D eigenvalue weighted by molar-refractivity contribution is 6.99. The second kappa shape index (κ2) is 9.55. The van der Waals surface area contributed by atoms with Crippen LogP contribution in [0.4, 0.5) is 0 Å². The SMILES string of the molecule is CC(=O)O[C@@]1(C=O)CCC(CO[Si](c2ccccc2)(c2ccccc2)C(C)(C)C)=C[C@H]1C.